The van der Waals surface area contributed by atoms with Crippen LogP contribution in [0, 0.1) is 6.92 Å². The maximum absolute atomic E-state index is 4.69. The van der Waals surface area contributed by atoms with Gasteiger partial charge in [-0.15, -0.1) is 0 Å². The summed E-state index contributed by atoms with van der Waals surface area (Å²) in [5, 5.41) is 3.53. The van der Waals surface area contributed by atoms with Crippen molar-refractivity contribution in [3.8, 4) is 0 Å². The normalized spacial score (nSPS) is 19.1. The molecule has 2 nitrogen and oxygen atoms in total. The molecule has 1 aliphatic rings. The van der Waals surface area contributed by atoms with Crippen molar-refractivity contribution in [3.63, 3.8) is 0 Å². The van der Waals surface area contributed by atoms with E-state index >= 15 is 0 Å². The molecule has 2 aromatic rings. The first kappa shape index (κ1) is 14.7. The standard InChI is InChI=1S/C18H21BrN2/c1-12-6-3-9-14(16(12)19)18(20-2)15-10-4-7-13-8-5-11-21-17(13)15/h3,5-6,8-9,11,15,18,20H,4,7,10H2,1-2H3. The fourth-order valence-corrected chi connectivity index (χ4v) is 3.96. The third-order valence-electron chi connectivity index (χ3n) is 4.51. The van der Waals surface area contributed by atoms with Crippen molar-refractivity contribution in [2.75, 3.05) is 7.05 Å². The molecule has 0 fully saturated rings. The minimum absolute atomic E-state index is 0.299. The van der Waals surface area contributed by atoms with Gasteiger partial charge in [0.1, 0.15) is 0 Å². The Bertz CT molecular complexity index is 639. The van der Waals surface area contributed by atoms with Crippen molar-refractivity contribution >= 4 is 15.9 Å². The molecule has 0 saturated carbocycles. The van der Waals surface area contributed by atoms with Crippen molar-refractivity contribution in [3.05, 3.63) is 63.4 Å². The van der Waals surface area contributed by atoms with Gasteiger partial charge in [0.05, 0.1) is 0 Å². The largest absolute Gasteiger partial charge is 0.312 e. The zero-order chi connectivity index (χ0) is 14.8. The van der Waals surface area contributed by atoms with Gasteiger partial charge in [-0.25, -0.2) is 0 Å². The van der Waals surface area contributed by atoms with Crippen molar-refractivity contribution in [1.29, 1.82) is 0 Å². The zero-order valence-corrected chi connectivity index (χ0v) is 14.2. The first-order chi connectivity index (χ1) is 10.2. The molecular weight excluding hydrogens is 324 g/mol. The quantitative estimate of drug-likeness (QED) is 0.884. The number of rotatable bonds is 3. The minimum atomic E-state index is 0.299. The van der Waals surface area contributed by atoms with Crippen LogP contribution in [0.1, 0.15) is 47.2 Å². The molecule has 3 rings (SSSR count). The molecule has 2 atom stereocenters. The number of likely N-dealkylation sites (N-methyl/N-ethyl adjacent to an activating group) is 1. The van der Waals surface area contributed by atoms with Gasteiger partial charge in [-0.05, 0) is 56.0 Å². The second-order valence-corrected chi connectivity index (χ2v) is 6.58. The topological polar surface area (TPSA) is 24.9 Å². The molecule has 1 aromatic heterocycles. The van der Waals surface area contributed by atoms with Crippen LogP contribution in [0.2, 0.25) is 0 Å². The Morgan fingerprint density at radius 2 is 2.14 bits per heavy atom. The van der Waals surface area contributed by atoms with E-state index in [1.807, 2.05) is 6.20 Å². The Labute approximate surface area is 135 Å². The number of nitrogens with zero attached hydrogens (tertiary/aromatic N) is 1. The van der Waals surface area contributed by atoms with Gasteiger partial charge in [0.25, 0.3) is 0 Å². The lowest BCUT2D eigenvalue weighted by molar-refractivity contribution is 0.414. The Balaban J connectivity index is 2.04. The molecule has 0 saturated heterocycles. The molecule has 1 aliphatic carbocycles. The van der Waals surface area contributed by atoms with E-state index in [0.717, 1.165) is 6.42 Å². The third-order valence-corrected chi connectivity index (χ3v) is 5.59. The van der Waals surface area contributed by atoms with Crippen molar-refractivity contribution < 1.29 is 0 Å². The number of fused-ring (bicyclic) bond motifs is 1. The SMILES string of the molecule is CNC(c1cccc(C)c1Br)C1CCCc2cccnc21. The predicted molar refractivity (Wildman–Crippen MR) is 90.6 cm³/mol. The van der Waals surface area contributed by atoms with Crippen LogP contribution in [0.4, 0.5) is 0 Å². The number of aromatic nitrogens is 1. The van der Waals surface area contributed by atoms with Gasteiger partial charge in [-0.2, -0.15) is 0 Å². The van der Waals surface area contributed by atoms with Crippen molar-refractivity contribution in [1.82, 2.24) is 10.3 Å². The highest BCUT2D eigenvalue weighted by Gasteiger charge is 2.30. The summed E-state index contributed by atoms with van der Waals surface area (Å²) in [5.74, 6) is 0.443. The van der Waals surface area contributed by atoms with Gasteiger partial charge in [0.15, 0.2) is 0 Å². The van der Waals surface area contributed by atoms with Crippen LogP contribution in [0.5, 0.6) is 0 Å². The molecule has 21 heavy (non-hydrogen) atoms. The summed E-state index contributed by atoms with van der Waals surface area (Å²) in [6.07, 6.45) is 5.52. The molecule has 3 heteroatoms. The fraction of sp³-hybridized carbons (Fsp3) is 0.389. The molecule has 0 spiro atoms. The highest BCUT2D eigenvalue weighted by Crippen LogP contribution is 2.41. The molecule has 110 valence electrons. The Hall–Kier alpha value is -1.19. The van der Waals surface area contributed by atoms with E-state index in [4.69, 9.17) is 4.98 Å². The number of hydrogen-bond acceptors (Lipinski definition) is 2. The van der Waals surface area contributed by atoms with Crippen molar-refractivity contribution in [2.24, 2.45) is 0 Å². The number of benzene rings is 1. The highest BCUT2D eigenvalue weighted by atomic mass is 79.9. The Kier molecular flexibility index (Phi) is 4.41. The van der Waals surface area contributed by atoms with E-state index in [0.29, 0.717) is 12.0 Å². The number of pyridine rings is 1. The predicted octanol–water partition coefficient (Wildman–Crippen LogP) is 4.53. The molecular formula is C18H21BrN2. The lowest BCUT2D eigenvalue weighted by atomic mass is 9.79. The van der Waals surface area contributed by atoms with Gasteiger partial charge < -0.3 is 5.32 Å². The van der Waals surface area contributed by atoms with Gasteiger partial charge in [0, 0.05) is 28.3 Å². The van der Waals surface area contributed by atoms with Crippen molar-refractivity contribution in [2.45, 2.75) is 38.1 Å². The molecule has 0 bridgehead atoms. The van der Waals surface area contributed by atoms with E-state index in [9.17, 15) is 0 Å². The number of nitrogens with one attached hydrogen (secondary N) is 1. The molecule has 1 N–H and O–H groups in total. The van der Waals surface area contributed by atoms with Crippen LogP contribution in [-0.4, -0.2) is 12.0 Å². The minimum Gasteiger partial charge on any atom is -0.312 e. The lowest BCUT2D eigenvalue weighted by Crippen LogP contribution is -2.28. The molecule has 0 aliphatic heterocycles. The molecule has 1 heterocycles. The van der Waals surface area contributed by atoms with Gasteiger partial charge in [0.2, 0.25) is 0 Å². The van der Waals surface area contributed by atoms with E-state index < -0.39 is 0 Å². The smallest absolute Gasteiger partial charge is 0.0485 e. The van der Waals surface area contributed by atoms with E-state index in [1.165, 1.54) is 39.7 Å². The van der Waals surface area contributed by atoms with E-state index in [2.05, 4.69) is 65.5 Å². The van der Waals surface area contributed by atoms with Crippen LogP contribution in [0.25, 0.3) is 0 Å². The zero-order valence-electron chi connectivity index (χ0n) is 12.6. The number of halogens is 1. The molecule has 2 unspecified atom stereocenters. The van der Waals surface area contributed by atoms with Crippen LogP contribution in [-0.2, 0) is 6.42 Å². The summed E-state index contributed by atoms with van der Waals surface area (Å²) in [5.41, 5.74) is 5.31. The maximum Gasteiger partial charge on any atom is 0.0485 e. The first-order valence-electron chi connectivity index (χ1n) is 7.58. The van der Waals surface area contributed by atoms with Gasteiger partial charge >= 0.3 is 0 Å². The van der Waals surface area contributed by atoms with E-state index in [-0.39, 0.29) is 0 Å². The second-order valence-electron chi connectivity index (χ2n) is 5.79. The third kappa shape index (κ3) is 2.77. The van der Waals surface area contributed by atoms with Gasteiger partial charge in [-0.1, -0.05) is 40.2 Å². The molecule has 1 aromatic carbocycles. The Morgan fingerprint density at radius 1 is 1.29 bits per heavy atom. The lowest BCUT2D eigenvalue weighted by Gasteiger charge is -2.32. The average molecular weight is 345 g/mol. The summed E-state index contributed by atoms with van der Waals surface area (Å²) in [6, 6.07) is 11.1. The fourth-order valence-electron chi connectivity index (χ4n) is 3.45. The second kappa shape index (κ2) is 6.29. The summed E-state index contributed by atoms with van der Waals surface area (Å²) in [6.45, 7) is 2.15. The maximum atomic E-state index is 4.69. The van der Waals surface area contributed by atoms with Crippen LogP contribution >= 0.6 is 15.9 Å². The summed E-state index contributed by atoms with van der Waals surface area (Å²) in [4.78, 5) is 4.69. The molecule has 0 radical (unpaired) electrons. The Morgan fingerprint density at radius 3 is 2.95 bits per heavy atom. The summed E-state index contributed by atoms with van der Waals surface area (Å²) >= 11 is 3.77. The van der Waals surface area contributed by atoms with Gasteiger partial charge in [-0.3, -0.25) is 4.98 Å². The average Bonchev–Trinajstić information content (AvgIpc) is 2.52. The highest BCUT2D eigenvalue weighted by molar-refractivity contribution is 9.10. The summed E-state index contributed by atoms with van der Waals surface area (Å²) < 4.78 is 1.22. The monoisotopic (exact) mass is 344 g/mol. The first-order valence-corrected chi connectivity index (χ1v) is 8.37. The van der Waals surface area contributed by atoms with Crippen LogP contribution in [0.3, 0.4) is 0 Å². The van der Waals surface area contributed by atoms with Crippen LogP contribution < -0.4 is 5.32 Å². The van der Waals surface area contributed by atoms with E-state index in [1.54, 1.807) is 0 Å². The number of hydrogen-bond donors (Lipinski definition) is 1. The number of aryl methyl sites for hydroxylation is 2. The molecule has 0 amide bonds. The van der Waals surface area contributed by atoms with Crippen LogP contribution in [0.15, 0.2) is 41.0 Å². The summed E-state index contributed by atoms with van der Waals surface area (Å²) in [7, 11) is 2.05.